The molecular formula is C57H38N6. The Morgan fingerprint density at radius 3 is 1.33 bits per heavy atom. The molecule has 0 unspecified atom stereocenters. The van der Waals surface area contributed by atoms with E-state index < -0.39 is 0 Å². The maximum absolute atomic E-state index is 5.19. The summed E-state index contributed by atoms with van der Waals surface area (Å²) in [6.45, 7) is 0. The molecule has 9 aromatic carbocycles. The van der Waals surface area contributed by atoms with Gasteiger partial charge in [-0.3, -0.25) is 0 Å². The van der Waals surface area contributed by atoms with E-state index in [2.05, 4.69) is 184 Å². The number of benzene rings is 9. The average Bonchev–Trinajstić information content (AvgIpc) is 3.87. The third kappa shape index (κ3) is 6.23. The van der Waals surface area contributed by atoms with Crippen molar-refractivity contribution < 1.29 is 0 Å². The van der Waals surface area contributed by atoms with Gasteiger partial charge in [-0.25, -0.2) is 15.0 Å². The summed E-state index contributed by atoms with van der Waals surface area (Å²) in [6, 6.07) is 81.0. The number of fused-ring (bicyclic) bond motifs is 6. The van der Waals surface area contributed by atoms with Crippen LogP contribution in [0.15, 0.2) is 231 Å². The topological polar surface area (TPSA) is 51.8 Å². The molecule has 0 atom stereocenters. The van der Waals surface area contributed by atoms with Gasteiger partial charge >= 0.3 is 0 Å². The van der Waals surface area contributed by atoms with Gasteiger partial charge in [0.25, 0.3) is 0 Å². The van der Waals surface area contributed by atoms with Crippen LogP contribution in [0.2, 0.25) is 0 Å². The van der Waals surface area contributed by atoms with Crippen molar-refractivity contribution in [3.05, 3.63) is 231 Å². The molecule has 0 N–H and O–H groups in total. The van der Waals surface area contributed by atoms with E-state index >= 15 is 0 Å². The summed E-state index contributed by atoms with van der Waals surface area (Å²) >= 11 is 0. The average molecular weight is 807 g/mol. The quantitative estimate of drug-likeness (QED) is 0.153. The lowest BCUT2D eigenvalue weighted by atomic mass is 10.1. The Kier molecular flexibility index (Phi) is 8.71. The van der Waals surface area contributed by atoms with E-state index in [4.69, 9.17) is 15.0 Å². The molecule has 6 nitrogen and oxygen atoms in total. The zero-order valence-corrected chi connectivity index (χ0v) is 34.1. The second-order valence-electron chi connectivity index (χ2n) is 15.7. The van der Waals surface area contributed by atoms with E-state index in [1.54, 1.807) is 0 Å². The molecule has 0 aliphatic heterocycles. The zero-order chi connectivity index (χ0) is 41.7. The molecule has 0 amide bonds. The van der Waals surface area contributed by atoms with Gasteiger partial charge in [0.05, 0.1) is 27.8 Å². The molecule has 296 valence electrons. The van der Waals surface area contributed by atoms with Gasteiger partial charge in [0, 0.05) is 61.0 Å². The maximum atomic E-state index is 5.19. The van der Waals surface area contributed by atoms with Crippen LogP contribution in [0.4, 0.5) is 17.1 Å². The van der Waals surface area contributed by atoms with Gasteiger partial charge in [-0.15, -0.1) is 0 Å². The number of rotatable bonds is 8. The molecule has 0 bridgehead atoms. The second-order valence-corrected chi connectivity index (χ2v) is 15.7. The van der Waals surface area contributed by atoms with Crippen molar-refractivity contribution in [2.45, 2.75) is 0 Å². The first-order valence-corrected chi connectivity index (χ1v) is 21.2. The third-order valence-corrected chi connectivity index (χ3v) is 11.9. The first-order valence-electron chi connectivity index (χ1n) is 21.2. The van der Waals surface area contributed by atoms with E-state index in [9.17, 15) is 0 Å². The minimum Gasteiger partial charge on any atom is -0.310 e. The molecule has 12 aromatic rings. The Labute approximate surface area is 364 Å². The van der Waals surface area contributed by atoms with Gasteiger partial charge in [0.15, 0.2) is 17.5 Å². The largest absolute Gasteiger partial charge is 0.310 e. The standard InChI is InChI=1S/C57H38N6/c1-5-19-39(20-6-1)55-58-56(40-21-7-2-8-22-40)60-57(59-55)47-29-15-18-32-52(47)63-53-35-33-43(61(41-23-9-3-10-24-41)42-25-11-4-12-26-42)37-48(53)49-38-44(34-36-54(49)63)62-50-30-16-13-27-45(50)46-28-14-17-31-51(46)62/h1-38H. The van der Waals surface area contributed by atoms with Crippen molar-refractivity contribution >= 4 is 60.7 Å². The van der Waals surface area contributed by atoms with Crippen LogP contribution < -0.4 is 4.90 Å². The van der Waals surface area contributed by atoms with Gasteiger partial charge < -0.3 is 14.0 Å². The summed E-state index contributed by atoms with van der Waals surface area (Å²) in [5, 5.41) is 4.72. The van der Waals surface area contributed by atoms with Crippen LogP contribution in [-0.2, 0) is 0 Å². The van der Waals surface area contributed by atoms with Crippen molar-refractivity contribution in [2.75, 3.05) is 4.90 Å². The molecule has 12 rings (SSSR count). The van der Waals surface area contributed by atoms with Gasteiger partial charge in [0.1, 0.15) is 0 Å². The number of hydrogen-bond acceptors (Lipinski definition) is 4. The fraction of sp³-hybridized carbons (Fsp3) is 0. The molecule has 3 aromatic heterocycles. The number of aromatic nitrogens is 5. The zero-order valence-electron chi connectivity index (χ0n) is 34.1. The second kappa shape index (κ2) is 15.1. The highest BCUT2D eigenvalue weighted by molar-refractivity contribution is 6.13. The lowest BCUT2D eigenvalue weighted by Crippen LogP contribution is -2.09. The number of nitrogens with zero attached hydrogens (tertiary/aromatic N) is 6. The highest BCUT2D eigenvalue weighted by Gasteiger charge is 2.22. The summed E-state index contributed by atoms with van der Waals surface area (Å²) in [7, 11) is 0. The molecule has 0 aliphatic carbocycles. The van der Waals surface area contributed by atoms with Gasteiger partial charge in [-0.1, -0.05) is 146 Å². The molecular weight excluding hydrogens is 769 g/mol. The van der Waals surface area contributed by atoms with Gasteiger partial charge in [-0.2, -0.15) is 0 Å². The summed E-state index contributed by atoms with van der Waals surface area (Å²) in [6.07, 6.45) is 0. The summed E-state index contributed by atoms with van der Waals surface area (Å²) < 4.78 is 4.77. The first kappa shape index (κ1) is 36.3. The molecule has 0 spiro atoms. The molecule has 0 fully saturated rings. The summed E-state index contributed by atoms with van der Waals surface area (Å²) in [4.78, 5) is 17.7. The predicted molar refractivity (Wildman–Crippen MR) is 259 cm³/mol. The minimum atomic E-state index is 0.603. The van der Waals surface area contributed by atoms with Crippen LogP contribution in [0.5, 0.6) is 0 Å². The highest BCUT2D eigenvalue weighted by atomic mass is 15.1. The van der Waals surface area contributed by atoms with Crippen LogP contribution in [0.25, 0.3) is 89.2 Å². The van der Waals surface area contributed by atoms with Crippen molar-refractivity contribution in [3.63, 3.8) is 0 Å². The van der Waals surface area contributed by atoms with Crippen molar-refractivity contribution in [1.29, 1.82) is 0 Å². The highest BCUT2D eigenvalue weighted by Crippen LogP contribution is 2.42. The Morgan fingerprint density at radius 2 is 0.746 bits per heavy atom. The molecule has 6 heteroatoms. The molecule has 63 heavy (non-hydrogen) atoms. The van der Waals surface area contributed by atoms with Crippen LogP contribution in [0.1, 0.15) is 0 Å². The molecule has 3 heterocycles. The first-order chi connectivity index (χ1) is 31.3. The SMILES string of the molecule is c1ccc(-c2nc(-c3ccccc3)nc(-c3ccccc3-n3c4ccc(N(c5ccccc5)c5ccccc5)cc4c4cc(-n5c6ccccc6c6ccccc65)ccc43)n2)cc1. The van der Waals surface area contributed by atoms with Crippen LogP contribution in [-0.4, -0.2) is 24.1 Å². The fourth-order valence-corrected chi connectivity index (χ4v) is 9.13. The lowest BCUT2D eigenvalue weighted by Gasteiger charge is -2.25. The smallest absolute Gasteiger partial charge is 0.166 e. The molecule has 0 saturated carbocycles. The van der Waals surface area contributed by atoms with Crippen LogP contribution in [0, 0.1) is 0 Å². The number of para-hydroxylation sites is 5. The third-order valence-electron chi connectivity index (χ3n) is 11.9. The van der Waals surface area contributed by atoms with Crippen molar-refractivity contribution in [2.24, 2.45) is 0 Å². The predicted octanol–water partition coefficient (Wildman–Crippen LogP) is 14.5. The minimum absolute atomic E-state index is 0.603. The van der Waals surface area contributed by atoms with Crippen LogP contribution >= 0.6 is 0 Å². The maximum Gasteiger partial charge on any atom is 0.166 e. The fourth-order valence-electron chi connectivity index (χ4n) is 9.13. The van der Waals surface area contributed by atoms with Gasteiger partial charge in [-0.05, 0) is 84.9 Å². The van der Waals surface area contributed by atoms with Crippen molar-refractivity contribution in [1.82, 2.24) is 24.1 Å². The van der Waals surface area contributed by atoms with E-state index in [-0.39, 0.29) is 0 Å². The lowest BCUT2D eigenvalue weighted by molar-refractivity contribution is 1.06. The van der Waals surface area contributed by atoms with E-state index in [1.165, 1.54) is 21.8 Å². The summed E-state index contributed by atoms with van der Waals surface area (Å²) in [5.74, 6) is 1.85. The van der Waals surface area contributed by atoms with Crippen molar-refractivity contribution in [3.8, 4) is 45.5 Å². The molecule has 0 aliphatic rings. The Hall–Kier alpha value is -8.61. The van der Waals surface area contributed by atoms with Gasteiger partial charge in [0.2, 0.25) is 0 Å². The summed E-state index contributed by atoms with van der Waals surface area (Å²) in [5.41, 5.74) is 12.6. The molecule has 0 radical (unpaired) electrons. The number of anilines is 3. The van der Waals surface area contributed by atoms with Crippen LogP contribution in [0.3, 0.4) is 0 Å². The van der Waals surface area contributed by atoms with E-state index in [0.717, 1.165) is 66.9 Å². The molecule has 0 saturated heterocycles. The van der Waals surface area contributed by atoms with E-state index in [0.29, 0.717) is 17.5 Å². The monoisotopic (exact) mass is 806 g/mol. The number of hydrogen-bond donors (Lipinski definition) is 0. The Balaban J connectivity index is 1.13. The Morgan fingerprint density at radius 1 is 0.302 bits per heavy atom. The van der Waals surface area contributed by atoms with E-state index in [1.807, 2.05) is 60.7 Å². The Bertz CT molecular complexity index is 3470. The normalized spacial score (nSPS) is 11.5.